The number of rotatable bonds is 7. The van der Waals surface area contributed by atoms with Gasteiger partial charge in [0.15, 0.2) is 0 Å². The molecule has 5 aromatic rings. The highest BCUT2D eigenvalue weighted by atomic mass is 16.5. The highest BCUT2D eigenvalue weighted by Gasteiger charge is 2.12. The summed E-state index contributed by atoms with van der Waals surface area (Å²) >= 11 is 0. The van der Waals surface area contributed by atoms with Gasteiger partial charge >= 0.3 is 0 Å². The van der Waals surface area contributed by atoms with Crippen LogP contribution in [0.1, 0.15) is 27.3 Å². The summed E-state index contributed by atoms with van der Waals surface area (Å²) in [7, 11) is 1.63. The lowest BCUT2D eigenvalue weighted by Crippen LogP contribution is -2.17. The molecule has 1 N–H and O–H groups in total. The number of hydrazone groups is 1. The smallest absolute Gasteiger partial charge is 0.271 e. The molecule has 184 valence electrons. The minimum absolute atomic E-state index is 0.287. The molecule has 0 aliphatic carbocycles. The van der Waals surface area contributed by atoms with Crippen LogP contribution in [0, 0.1) is 13.8 Å². The van der Waals surface area contributed by atoms with Crippen LogP contribution in [0.25, 0.3) is 22.6 Å². The van der Waals surface area contributed by atoms with E-state index in [1.165, 1.54) is 0 Å². The van der Waals surface area contributed by atoms with Crippen LogP contribution in [0.2, 0.25) is 0 Å². The van der Waals surface area contributed by atoms with E-state index in [4.69, 9.17) is 9.84 Å². The predicted octanol–water partition coefficient (Wildman–Crippen LogP) is 5.72. The first-order chi connectivity index (χ1) is 18.0. The number of nitrogens with one attached hydrogen (secondary N) is 1. The van der Waals surface area contributed by atoms with Gasteiger partial charge in [-0.2, -0.15) is 10.2 Å². The Labute approximate surface area is 215 Å². The number of carbonyl (C=O) groups excluding carboxylic acids is 1. The van der Waals surface area contributed by atoms with Crippen LogP contribution < -0.4 is 10.2 Å². The number of hydrogen-bond acceptors (Lipinski definition) is 4. The highest BCUT2D eigenvalue weighted by molar-refractivity contribution is 5.95. The molecule has 0 saturated carbocycles. The van der Waals surface area contributed by atoms with Crippen molar-refractivity contribution in [2.45, 2.75) is 13.8 Å². The maximum absolute atomic E-state index is 12.8. The van der Waals surface area contributed by atoms with Gasteiger partial charge in [-0.05, 0) is 86.6 Å². The summed E-state index contributed by atoms with van der Waals surface area (Å²) in [5, 5.41) is 9.02. The van der Waals surface area contributed by atoms with Gasteiger partial charge in [0.2, 0.25) is 0 Å². The van der Waals surface area contributed by atoms with Crippen LogP contribution in [-0.4, -0.2) is 33.6 Å². The van der Waals surface area contributed by atoms with Gasteiger partial charge in [-0.25, -0.2) is 10.1 Å². The molecule has 0 spiro atoms. The first-order valence-corrected chi connectivity index (χ1v) is 11.9. The van der Waals surface area contributed by atoms with E-state index in [1.54, 1.807) is 30.1 Å². The molecule has 0 aliphatic rings. The van der Waals surface area contributed by atoms with E-state index < -0.39 is 0 Å². The summed E-state index contributed by atoms with van der Waals surface area (Å²) in [6, 6.07) is 29.1. The second kappa shape index (κ2) is 10.4. The number of hydrogen-bond donors (Lipinski definition) is 1. The fraction of sp³-hybridized carbons (Fsp3) is 0.100. The molecule has 5 rings (SSSR count). The van der Waals surface area contributed by atoms with Crippen molar-refractivity contribution < 1.29 is 9.53 Å². The summed E-state index contributed by atoms with van der Waals surface area (Å²) < 4.78 is 9.22. The minimum Gasteiger partial charge on any atom is -0.497 e. The van der Waals surface area contributed by atoms with E-state index >= 15 is 0 Å². The average molecular weight is 490 g/mol. The average Bonchev–Trinajstić information content (AvgIpc) is 3.52. The van der Waals surface area contributed by atoms with Gasteiger partial charge in [0.25, 0.3) is 5.91 Å². The Kier molecular flexibility index (Phi) is 6.68. The number of amides is 1. The molecule has 3 aromatic carbocycles. The standard InChI is InChI=1S/C30H27N5O2/c1-21-9-10-22(2)35(21)27-15-11-24(12-16-27)30(36)32-31-19-25-20-34(26-7-5-4-6-8-26)33-29(25)23-13-17-28(37-3)18-14-23/h4-20H,1-3H3,(H,32,36)/b31-19-. The first-order valence-electron chi connectivity index (χ1n) is 11.9. The normalized spacial score (nSPS) is 11.1. The molecule has 7 heteroatoms. The lowest BCUT2D eigenvalue weighted by Gasteiger charge is -2.10. The molecular formula is C30H27N5O2. The maximum Gasteiger partial charge on any atom is 0.271 e. The van der Waals surface area contributed by atoms with Crippen molar-refractivity contribution >= 4 is 12.1 Å². The number of ether oxygens (including phenoxy) is 1. The number of nitrogens with zero attached hydrogens (tertiary/aromatic N) is 4. The summed E-state index contributed by atoms with van der Waals surface area (Å²) in [5.74, 6) is 0.479. The third-order valence-corrected chi connectivity index (χ3v) is 6.16. The third kappa shape index (κ3) is 5.06. The van der Waals surface area contributed by atoms with Crippen LogP contribution in [0.4, 0.5) is 0 Å². The zero-order chi connectivity index (χ0) is 25.8. The van der Waals surface area contributed by atoms with Crippen molar-refractivity contribution in [2.24, 2.45) is 5.10 Å². The maximum atomic E-state index is 12.8. The molecule has 2 heterocycles. The van der Waals surface area contributed by atoms with Gasteiger partial charge in [-0.15, -0.1) is 0 Å². The Morgan fingerprint density at radius 3 is 2.19 bits per heavy atom. The number of aromatic nitrogens is 3. The molecule has 0 bridgehead atoms. The monoisotopic (exact) mass is 489 g/mol. The summed E-state index contributed by atoms with van der Waals surface area (Å²) in [4.78, 5) is 12.8. The summed E-state index contributed by atoms with van der Waals surface area (Å²) in [5.41, 5.74) is 9.80. The Morgan fingerprint density at radius 1 is 0.865 bits per heavy atom. The van der Waals surface area contributed by atoms with Gasteiger partial charge in [0, 0.05) is 40.0 Å². The summed E-state index contributed by atoms with van der Waals surface area (Å²) in [6.45, 7) is 4.12. The van der Waals surface area contributed by atoms with E-state index in [0.717, 1.165) is 45.3 Å². The first kappa shape index (κ1) is 23.8. The lowest BCUT2D eigenvalue weighted by molar-refractivity contribution is 0.0955. The van der Waals surface area contributed by atoms with Gasteiger partial charge in [-0.1, -0.05) is 18.2 Å². The van der Waals surface area contributed by atoms with Gasteiger partial charge in [0.1, 0.15) is 11.4 Å². The zero-order valence-electron chi connectivity index (χ0n) is 20.9. The fourth-order valence-electron chi connectivity index (χ4n) is 4.23. The lowest BCUT2D eigenvalue weighted by atomic mass is 10.1. The van der Waals surface area contributed by atoms with E-state index in [0.29, 0.717) is 5.56 Å². The van der Waals surface area contributed by atoms with Crippen LogP contribution in [0.3, 0.4) is 0 Å². The van der Waals surface area contributed by atoms with Crippen molar-refractivity contribution in [3.63, 3.8) is 0 Å². The van der Waals surface area contributed by atoms with Crippen LogP contribution in [0.5, 0.6) is 5.75 Å². The molecule has 0 saturated heterocycles. The highest BCUT2D eigenvalue weighted by Crippen LogP contribution is 2.25. The van der Waals surface area contributed by atoms with Crippen LogP contribution >= 0.6 is 0 Å². The van der Waals surface area contributed by atoms with Gasteiger partial charge in [0.05, 0.1) is 19.0 Å². The zero-order valence-corrected chi connectivity index (χ0v) is 20.9. The molecule has 7 nitrogen and oxygen atoms in total. The predicted molar refractivity (Wildman–Crippen MR) is 146 cm³/mol. The third-order valence-electron chi connectivity index (χ3n) is 6.16. The number of aryl methyl sites for hydroxylation is 2. The SMILES string of the molecule is COc1ccc(-c2nn(-c3ccccc3)cc2/C=N\NC(=O)c2ccc(-n3c(C)ccc3C)cc2)cc1. The molecule has 0 atom stereocenters. The topological polar surface area (TPSA) is 73.4 Å². The van der Waals surface area contributed by atoms with E-state index in [9.17, 15) is 4.79 Å². The molecule has 2 aromatic heterocycles. The van der Waals surface area contributed by atoms with Crippen LogP contribution in [0.15, 0.2) is 102 Å². The Hall–Kier alpha value is -4.91. The molecule has 1 amide bonds. The number of methoxy groups -OCH3 is 1. The number of carbonyl (C=O) groups is 1. The van der Waals surface area contributed by atoms with E-state index in [1.807, 2.05) is 72.9 Å². The molecule has 37 heavy (non-hydrogen) atoms. The van der Waals surface area contributed by atoms with Crippen molar-refractivity contribution in [1.29, 1.82) is 0 Å². The molecule has 0 unspecified atom stereocenters. The molecule has 0 fully saturated rings. The second-order valence-corrected chi connectivity index (χ2v) is 8.64. The molecule has 0 aliphatic heterocycles. The number of para-hydroxylation sites is 1. The molecular weight excluding hydrogens is 462 g/mol. The number of benzene rings is 3. The van der Waals surface area contributed by atoms with Crippen molar-refractivity contribution in [3.05, 3.63) is 120 Å². The van der Waals surface area contributed by atoms with Crippen LogP contribution in [-0.2, 0) is 0 Å². The largest absolute Gasteiger partial charge is 0.497 e. The minimum atomic E-state index is -0.287. The Morgan fingerprint density at radius 2 is 1.54 bits per heavy atom. The Balaban J connectivity index is 1.37. The molecule has 0 radical (unpaired) electrons. The fourth-order valence-corrected chi connectivity index (χ4v) is 4.23. The van der Waals surface area contributed by atoms with Gasteiger partial charge < -0.3 is 9.30 Å². The van der Waals surface area contributed by atoms with E-state index in [2.05, 4.69) is 41.1 Å². The summed E-state index contributed by atoms with van der Waals surface area (Å²) in [6.07, 6.45) is 3.51. The Bertz CT molecular complexity index is 1530. The quantitative estimate of drug-likeness (QED) is 0.235. The van der Waals surface area contributed by atoms with Crippen molar-refractivity contribution in [2.75, 3.05) is 7.11 Å². The van der Waals surface area contributed by atoms with Crippen molar-refractivity contribution in [3.8, 4) is 28.4 Å². The van der Waals surface area contributed by atoms with Gasteiger partial charge in [-0.3, -0.25) is 4.79 Å². The van der Waals surface area contributed by atoms with E-state index in [-0.39, 0.29) is 5.91 Å². The second-order valence-electron chi connectivity index (χ2n) is 8.64. The van der Waals surface area contributed by atoms with Crippen molar-refractivity contribution in [1.82, 2.24) is 19.8 Å².